The summed E-state index contributed by atoms with van der Waals surface area (Å²) < 4.78 is 28.1. The fourth-order valence-electron chi connectivity index (χ4n) is 2.23. The van der Waals surface area contributed by atoms with Gasteiger partial charge in [0.05, 0.1) is 15.4 Å². The van der Waals surface area contributed by atoms with E-state index >= 15 is 0 Å². The number of hydrogen-bond donors (Lipinski definition) is 2. The summed E-state index contributed by atoms with van der Waals surface area (Å²) >= 11 is 0. The van der Waals surface area contributed by atoms with Crippen molar-refractivity contribution in [1.82, 2.24) is 10.9 Å². The van der Waals surface area contributed by atoms with Crippen LogP contribution in [-0.2, 0) is 19.4 Å². The van der Waals surface area contributed by atoms with Crippen molar-refractivity contribution in [2.45, 2.75) is 11.8 Å². The van der Waals surface area contributed by atoms with Crippen molar-refractivity contribution < 1.29 is 32.5 Å². The fraction of sp³-hybridized carbons (Fsp3) is 0.167. The summed E-state index contributed by atoms with van der Waals surface area (Å²) in [5.41, 5.74) is 4.41. The van der Waals surface area contributed by atoms with Crippen LogP contribution in [0.3, 0.4) is 0 Å². The molecule has 30 heavy (non-hydrogen) atoms. The quantitative estimate of drug-likeness (QED) is 0.384. The molecule has 0 spiro atoms. The number of hydrazine groups is 1. The molecule has 0 atom stereocenters. The predicted molar refractivity (Wildman–Crippen MR) is 103 cm³/mol. The van der Waals surface area contributed by atoms with E-state index in [1.807, 2.05) is 5.43 Å². The molecule has 0 aromatic heterocycles. The Kier molecular flexibility index (Phi) is 6.85. The number of carbonyl (C=O) groups is 3. The second-order valence-electron chi connectivity index (χ2n) is 6.13. The Morgan fingerprint density at radius 2 is 1.70 bits per heavy atom. The first-order valence-corrected chi connectivity index (χ1v) is 10.2. The van der Waals surface area contributed by atoms with Crippen LogP contribution in [0.1, 0.15) is 26.3 Å². The molecular weight excluding hydrogens is 418 g/mol. The highest BCUT2D eigenvalue weighted by atomic mass is 32.2. The summed E-state index contributed by atoms with van der Waals surface area (Å²) in [4.78, 5) is 45.7. The van der Waals surface area contributed by atoms with E-state index < -0.39 is 39.2 Å². The minimum atomic E-state index is -3.53. The molecule has 0 saturated carbocycles. The smallest absolute Gasteiger partial charge is 0.338 e. The average Bonchev–Trinajstić information content (AvgIpc) is 2.69. The van der Waals surface area contributed by atoms with Gasteiger partial charge in [-0.2, -0.15) is 0 Å². The molecule has 0 fully saturated rings. The van der Waals surface area contributed by atoms with Gasteiger partial charge < -0.3 is 4.74 Å². The van der Waals surface area contributed by atoms with Crippen molar-refractivity contribution in [2.24, 2.45) is 0 Å². The molecule has 0 bridgehead atoms. The summed E-state index contributed by atoms with van der Waals surface area (Å²) in [5.74, 6) is -2.49. The highest BCUT2D eigenvalue weighted by Gasteiger charge is 2.17. The van der Waals surface area contributed by atoms with Crippen LogP contribution in [0.5, 0.6) is 0 Å². The number of ether oxygens (including phenoxy) is 1. The number of nitro groups is 1. The number of esters is 1. The maximum atomic E-state index is 12.2. The molecule has 0 saturated heterocycles. The number of amides is 2. The minimum Gasteiger partial charge on any atom is -0.452 e. The zero-order valence-corrected chi connectivity index (χ0v) is 16.7. The molecule has 2 aromatic carbocycles. The van der Waals surface area contributed by atoms with Crippen molar-refractivity contribution >= 4 is 33.3 Å². The topological polar surface area (TPSA) is 162 Å². The number of carbonyl (C=O) groups excluding carboxylic acids is 3. The maximum absolute atomic E-state index is 12.2. The summed E-state index contributed by atoms with van der Waals surface area (Å²) in [6.45, 7) is 0.842. The van der Waals surface area contributed by atoms with Gasteiger partial charge in [0.2, 0.25) is 0 Å². The highest BCUT2D eigenvalue weighted by Crippen LogP contribution is 2.16. The van der Waals surface area contributed by atoms with Crippen molar-refractivity contribution in [3.8, 4) is 0 Å². The van der Waals surface area contributed by atoms with Crippen molar-refractivity contribution in [2.75, 3.05) is 12.9 Å². The van der Waals surface area contributed by atoms with E-state index in [0.717, 1.165) is 24.5 Å². The van der Waals surface area contributed by atoms with Gasteiger partial charge >= 0.3 is 5.97 Å². The molecule has 2 rings (SSSR count). The zero-order chi connectivity index (χ0) is 22.5. The Labute approximate surface area is 171 Å². The van der Waals surface area contributed by atoms with Crippen LogP contribution in [0.4, 0.5) is 5.69 Å². The summed E-state index contributed by atoms with van der Waals surface area (Å²) in [7, 11) is -3.53. The summed E-state index contributed by atoms with van der Waals surface area (Å²) in [6.07, 6.45) is 0.994. The van der Waals surface area contributed by atoms with Gasteiger partial charge in [0.15, 0.2) is 16.4 Å². The molecule has 158 valence electrons. The minimum absolute atomic E-state index is 0.0133. The van der Waals surface area contributed by atoms with Crippen LogP contribution in [-0.4, -0.2) is 44.0 Å². The number of rotatable bonds is 6. The van der Waals surface area contributed by atoms with E-state index in [1.165, 1.54) is 24.3 Å². The average molecular weight is 435 g/mol. The van der Waals surface area contributed by atoms with Crippen LogP contribution >= 0.6 is 0 Å². The molecule has 2 amide bonds. The van der Waals surface area contributed by atoms with Gasteiger partial charge in [0.25, 0.3) is 17.5 Å². The van der Waals surface area contributed by atoms with Gasteiger partial charge in [-0.3, -0.25) is 30.6 Å². The van der Waals surface area contributed by atoms with E-state index in [1.54, 1.807) is 6.92 Å². The molecule has 12 heteroatoms. The first-order valence-electron chi connectivity index (χ1n) is 8.30. The molecule has 11 nitrogen and oxygen atoms in total. The molecule has 2 aromatic rings. The van der Waals surface area contributed by atoms with Crippen LogP contribution in [0.25, 0.3) is 0 Å². The van der Waals surface area contributed by atoms with Gasteiger partial charge in [-0.25, -0.2) is 13.2 Å². The van der Waals surface area contributed by atoms with E-state index in [2.05, 4.69) is 5.43 Å². The number of hydrogen-bond acceptors (Lipinski definition) is 8. The predicted octanol–water partition coefficient (Wildman–Crippen LogP) is 0.925. The number of non-ortho nitro benzene ring substituents is 1. The van der Waals surface area contributed by atoms with Crippen LogP contribution < -0.4 is 10.9 Å². The second-order valence-corrected chi connectivity index (χ2v) is 8.15. The highest BCUT2D eigenvalue weighted by molar-refractivity contribution is 7.90. The van der Waals surface area contributed by atoms with E-state index in [-0.39, 0.29) is 21.7 Å². The molecule has 0 unspecified atom stereocenters. The van der Waals surface area contributed by atoms with E-state index in [0.29, 0.717) is 5.56 Å². The van der Waals surface area contributed by atoms with Crippen LogP contribution in [0.15, 0.2) is 47.4 Å². The Morgan fingerprint density at radius 3 is 2.27 bits per heavy atom. The third-order valence-electron chi connectivity index (χ3n) is 3.85. The normalized spacial score (nSPS) is 10.7. The molecule has 0 aliphatic heterocycles. The Hall–Kier alpha value is -3.80. The standard InChI is InChI=1S/C18H17N3O8S/c1-11-3-8-14(30(2,27)28)9-15(11)18(24)29-10-16(22)19-20-17(23)12-4-6-13(7-5-12)21(25)26/h3-9H,10H2,1-2H3,(H,19,22)(H,20,23). The Morgan fingerprint density at radius 1 is 1.07 bits per heavy atom. The van der Waals surface area contributed by atoms with Gasteiger partial charge in [-0.1, -0.05) is 6.07 Å². The number of nitro benzene ring substituents is 1. The van der Waals surface area contributed by atoms with Crippen molar-refractivity contribution in [3.05, 3.63) is 69.3 Å². The van der Waals surface area contributed by atoms with Gasteiger partial charge in [0.1, 0.15) is 0 Å². The lowest BCUT2D eigenvalue weighted by Crippen LogP contribution is -2.43. The fourth-order valence-corrected chi connectivity index (χ4v) is 2.88. The number of nitrogens with zero attached hydrogens (tertiary/aromatic N) is 1. The summed E-state index contributed by atoms with van der Waals surface area (Å²) in [5, 5.41) is 10.6. The van der Waals surface area contributed by atoms with E-state index in [4.69, 9.17) is 4.74 Å². The van der Waals surface area contributed by atoms with Gasteiger partial charge in [-0.05, 0) is 36.8 Å². The van der Waals surface area contributed by atoms with Crippen molar-refractivity contribution in [3.63, 3.8) is 0 Å². The number of nitrogens with one attached hydrogen (secondary N) is 2. The third-order valence-corrected chi connectivity index (χ3v) is 4.96. The molecule has 2 N–H and O–H groups in total. The van der Waals surface area contributed by atoms with Crippen LogP contribution in [0.2, 0.25) is 0 Å². The van der Waals surface area contributed by atoms with E-state index in [9.17, 15) is 32.9 Å². The lowest BCUT2D eigenvalue weighted by Gasteiger charge is -2.10. The molecule has 0 aliphatic rings. The maximum Gasteiger partial charge on any atom is 0.338 e. The number of sulfone groups is 1. The number of aryl methyl sites for hydroxylation is 1. The lowest BCUT2D eigenvalue weighted by atomic mass is 10.1. The molecule has 0 radical (unpaired) electrons. The number of benzene rings is 2. The Bertz CT molecular complexity index is 1110. The Balaban J connectivity index is 1.91. The van der Waals surface area contributed by atoms with Crippen LogP contribution in [0, 0.1) is 17.0 Å². The first-order chi connectivity index (χ1) is 14.0. The molecule has 0 heterocycles. The van der Waals surface area contributed by atoms with Gasteiger partial charge in [0, 0.05) is 24.0 Å². The molecular formula is C18H17N3O8S. The summed E-state index contributed by atoms with van der Waals surface area (Å²) in [6, 6.07) is 8.62. The zero-order valence-electron chi connectivity index (χ0n) is 15.9. The third kappa shape index (κ3) is 5.85. The molecule has 0 aliphatic carbocycles. The second kappa shape index (κ2) is 9.13. The van der Waals surface area contributed by atoms with Gasteiger partial charge in [-0.15, -0.1) is 0 Å². The monoisotopic (exact) mass is 435 g/mol. The lowest BCUT2D eigenvalue weighted by molar-refractivity contribution is -0.384. The van der Waals surface area contributed by atoms with Crippen molar-refractivity contribution in [1.29, 1.82) is 0 Å². The first kappa shape index (κ1) is 22.5. The SMILES string of the molecule is Cc1ccc(S(C)(=O)=O)cc1C(=O)OCC(=O)NNC(=O)c1ccc([N+](=O)[O-])cc1. The largest absolute Gasteiger partial charge is 0.452 e.